The highest BCUT2D eigenvalue weighted by molar-refractivity contribution is 5.91. The molecule has 0 unspecified atom stereocenters. The molecule has 5 nitrogen and oxygen atoms in total. The summed E-state index contributed by atoms with van der Waals surface area (Å²) in [7, 11) is 0. The Bertz CT molecular complexity index is 450. The zero-order valence-electron chi connectivity index (χ0n) is 7.18. The Morgan fingerprint density at radius 1 is 1.43 bits per heavy atom. The van der Waals surface area contributed by atoms with Crippen LogP contribution in [0.25, 0.3) is 11.5 Å². The van der Waals surface area contributed by atoms with Crippen LogP contribution in [0.5, 0.6) is 0 Å². The molecule has 14 heavy (non-hydrogen) atoms. The number of primary amides is 1. The largest absolute Gasteiger partial charge is 0.364 e. The molecule has 0 aliphatic heterocycles. The van der Waals surface area contributed by atoms with E-state index in [1.165, 1.54) is 6.07 Å². The van der Waals surface area contributed by atoms with E-state index in [2.05, 4.69) is 10.1 Å². The third kappa shape index (κ3) is 1.47. The van der Waals surface area contributed by atoms with Crippen LogP contribution in [-0.4, -0.2) is 16.0 Å². The van der Waals surface area contributed by atoms with Gasteiger partial charge in [-0.2, -0.15) is 0 Å². The number of hydrogen-bond donors (Lipinski definition) is 1. The molecule has 5 heteroatoms. The Labute approximate surface area is 79.5 Å². The van der Waals surface area contributed by atoms with Crippen LogP contribution in [0.3, 0.4) is 0 Å². The predicted octanol–water partition coefficient (Wildman–Crippen LogP) is 0.835. The molecular weight excluding hydrogens is 182 g/mol. The van der Waals surface area contributed by atoms with E-state index >= 15 is 0 Å². The first kappa shape index (κ1) is 8.43. The van der Waals surface area contributed by atoms with Gasteiger partial charge in [-0.05, 0) is 12.1 Å². The highest BCUT2D eigenvalue weighted by Crippen LogP contribution is 2.16. The van der Waals surface area contributed by atoms with Crippen molar-refractivity contribution >= 4 is 5.91 Å². The van der Waals surface area contributed by atoms with E-state index in [-0.39, 0.29) is 5.69 Å². The molecule has 0 aliphatic rings. The van der Waals surface area contributed by atoms with Gasteiger partial charge >= 0.3 is 0 Å². The van der Waals surface area contributed by atoms with Gasteiger partial charge in [0.15, 0.2) is 11.5 Å². The van der Waals surface area contributed by atoms with Gasteiger partial charge in [-0.25, -0.2) is 0 Å². The number of carbonyl (C=O) groups excluding carboxylic acids is 1. The molecule has 2 rings (SSSR count). The number of nitrogens with zero attached hydrogens (tertiary/aromatic N) is 2. The number of amides is 1. The number of pyridine rings is 1. The van der Waals surface area contributed by atoms with Gasteiger partial charge in [0.1, 0.15) is 5.69 Å². The summed E-state index contributed by atoms with van der Waals surface area (Å²) in [6.45, 7) is 0. The lowest BCUT2D eigenvalue weighted by Crippen LogP contribution is -2.10. The molecule has 2 aromatic rings. The summed E-state index contributed by atoms with van der Waals surface area (Å²) in [4.78, 5) is 14.8. The summed E-state index contributed by atoms with van der Waals surface area (Å²) < 4.78 is 4.90. The molecule has 0 fully saturated rings. The number of nitrogens with two attached hydrogens (primary N) is 1. The quantitative estimate of drug-likeness (QED) is 0.758. The highest BCUT2D eigenvalue weighted by atomic mass is 16.5. The van der Waals surface area contributed by atoms with Crippen molar-refractivity contribution in [3.63, 3.8) is 0 Å². The molecule has 2 heterocycles. The van der Waals surface area contributed by atoms with Crippen LogP contribution < -0.4 is 5.73 Å². The summed E-state index contributed by atoms with van der Waals surface area (Å²) in [6.07, 6.45) is 1.63. The predicted molar refractivity (Wildman–Crippen MR) is 48.3 cm³/mol. The SMILES string of the molecule is NC(=O)c1cc(-c2ccccn2)on1. The van der Waals surface area contributed by atoms with Crippen molar-refractivity contribution in [2.24, 2.45) is 5.73 Å². The smallest absolute Gasteiger partial charge is 0.270 e. The van der Waals surface area contributed by atoms with Gasteiger partial charge in [-0.3, -0.25) is 9.78 Å². The number of hydrogen-bond acceptors (Lipinski definition) is 4. The fourth-order valence-electron chi connectivity index (χ4n) is 1.02. The molecule has 0 spiro atoms. The number of rotatable bonds is 2. The topological polar surface area (TPSA) is 82.0 Å². The monoisotopic (exact) mass is 189 g/mol. The molecule has 0 saturated heterocycles. The number of carbonyl (C=O) groups is 1. The molecule has 0 saturated carbocycles. The van der Waals surface area contributed by atoms with Gasteiger partial charge < -0.3 is 10.3 Å². The molecule has 0 atom stereocenters. The third-order valence-electron chi connectivity index (χ3n) is 1.68. The Balaban J connectivity index is 2.39. The second-order valence-electron chi connectivity index (χ2n) is 2.66. The molecule has 2 aromatic heterocycles. The first-order valence-corrected chi connectivity index (χ1v) is 3.95. The van der Waals surface area contributed by atoms with E-state index in [9.17, 15) is 4.79 Å². The average Bonchev–Trinajstić information content (AvgIpc) is 2.68. The standard InChI is InChI=1S/C9H7N3O2/c10-9(13)7-5-8(14-12-7)6-3-1-2-4-11-6/h1-5H,(H2,10,13). The Morgan fingerprint density at radius 3 is 2.86 bits per heavy atom. The summed E-state index contributed by atoms with van der Waals surface area (Å²) in [5.41, 5.74) is 5.74. The normalized spacial score (nSPS) is 10.0. The Hall–Kier alpha value is -2.17. The highest BCUT2D eigenvalue weighted by Gasteiger charge is 2.10. The first-order chi connectivity index (χ1) is 6.77. The summed E-state index contributed by atoms with van der Waals surface area (Å²) in [5, 5.41) is 3.50. The molecular formula is C9H7N3O2. The summed E-state index contributed by atoms with van der Waals surface area (Å²) in [5.74, 6) is -0.185. The first-order valence-electron chi connectivity index (χ1n) is 3.95. The second kappa shape index (κ2) is 3.29. The second-order valence-corrected chi connectivity index (χ2v) is 2.66. The molecule has 2 N–H and O–H groups in total. The third-order valence-corrected chi connectivity index (χ3v) is 1.68. The van der Waals surface area contributed by atoms with Crippen LogP contribution in [0, 0.1) is 0 Å². The Morgan fingerprint density at radius 2 is 2.29 bits per heavy atom. The minimum atomic E-state index is -0.615. The van der Waals surface area contributed by atoms with Crippen molar-refractivity contribution in [1.29, 1.82) is 0 Å². The average molecular weight is 189 g/mol. The van der Waals surface area contributed by atoms with E-state index in [1.54, 1.807) is 18.3 Å². The zero-order valence-corrected chi connectivity index (χ0v) is 7.18. The minimum Gasteiger partial charge on any atom is -0.364 e. The van der Waals surface area contributed by atoms with Crippen LogP contribution in [-0.2, 0) is 0 Å². The van der Waals surface area contributed by atoms with Crippen LogP contribution >= 0.6 is 0 Å². The van der Waals surface area contributed by atoms with Crippen molar-refractivity contribution in [3.05, 3.63) is 36.2 Å². The van der Waals surface area contributed by atoms with Crippen molar-refractivity contribution in [2.75, 3.05) is 0 Å². The maximum Gasteiger partial charge on any atom is 0.270 e. The molecule has 0 radical (unpaired) electrons. The van der Waals surface area contributed by atoms with E-state index in [4.69, 9.17) is 10.3 Å². The number of aromatic nitrogens is 2. The van der Waals surface area contributed by atoms with Gasteiger partial charge in [-0.1, -0.05) is 11.2 Å². The molecule has 0 aromatic carbocycles. The fraction of sp³-hybridized carbons (Fsp3) is 0. The van der Waals surface area contributed by atoms with Gasteiger partial charge in [0, 0.05) is 12.3 Å². The van der Waals surface area contributed by atoms with Crippen LogP contribution in [0.1, 0.15) is 10.5 Å². The lowest BCUT2D eigenvalue weighted by atomic mass is 10.2. The maximum absolute atomic E-state index is 10.7. The van der Waals surface area contributed by atoms with E-state index in [0.717, 1.165) is 0 Å². The van der Waals surface area contributed by atoms with Gasteiger partial charge in [0.05, 0.1) is 0 Å². The molecule has 0 bridgehead atoms. The van der Waals surface area contributed by atoms with Crippen molar-refractivity contribution < 1.29 is 9.32 Å². The fourth-order valence-corrected chi connectivity index (χ4v) is 1.02. The van der Waals surface area contributed by atoms with E-state index in [0.29, 0.717) is 11.5 Å². The van der Waals surface area contributed by atoms with Gasteiger partial charge in [0.2, 0.25) is 0 Å². The zero-order chi connectivity index (χ0) is 9.97. The van der Waals surface area contributed by atoms with Gasteiger partial charge in [-0.15, -0.1) is 0 Å². The maximum atomic E-state index is 10.7. The molecule has 0 aliphatic carbocycles. The summed E-state index contributed by atoms with van der Waals surface area (Å²) in [6, 6.07) is 6.82. The van der Waals surface area contributed by atoms with Crippen LogP contribution in [0.4, 0.5) is 0 Å². The van der Waals surface area contributed by atoms with Gasteiger partial charge in [0.25, 0.3) is 5.91 Å². The minimum absolute atomic E-state index is 0.102. The van der Waals surface area contributed by atoms with E-state index in [1.807, 2.05) is 6.07 Å². The molecule has 70 valence electrons. The van der Waals surface area contributed by atoms with Crippen LogP contribution in [0.2, 0.25) is 0 Å². The summed E-state index contributed by atoms with van der Waals surface area (Å²) >= 11 is 0. The lowest BCUT2D eigenvalue weighted by molar-refractivity contribution is 0.0992. The van der Waals surface area contributed by atoms with Crippen LogP contribution in [0.15, 0.2) is 35.0 Å². The Kier molecular flexibility index (Phi) is 1.98. The lowest BCUT2D eigenvalue weighted by Gasteiger charge is -1.90. The van der Waals surface area contributed by atoms with Crippen molar-refractivity contribution in [3.8, 4) is 11.5 Å². The van der Waals surface area contributed by atoms with E-state index < -0.39 is 5.91 Å². The molecule has 1 amide bonds. The van der Waals surface area contributed by atoms with Crippen molar-refractivity contribution in [2.45, 2.75) is 0 Å². The van der Waals surface area contributed by atoms with Crippen molar-refractivity contribution in [1.82, 2.24) is 10.1 Å².